The van der Waals surface area contributed by atoms with E-state index in [1.165, 1.54) is 5.57 Å². The van der Waals surface area contributed by atoms with Gasteiger partial charge >= 0.3 is 5.97 Å². The Kier molecular flexibility index (Phi) is 7.70. The smallest absolute Gasteiger partial charge is 0.339 e. The normalized spacial score (nSPS) is 18.1. The number of esters is 1. The van der Waals surface area contributed by atoms with E-state index < -0.39 is 11.7 Å². The van der Waals surface area contributed by atoms with E-state index in [1.54, 1.807) is 6.07 Å². The zero-order valence-electron chi connectivity index (χ0n) is 25.7. The van der Waals surface area contributed by atoms with E-state index in [2.05, 4.69) is 33.8 Å². The van der Waals surface area contributed by atoms with Gasteiger partial charge in [-0.05, 0) is 112 Å². The number of carbonyl (C=O) groups is 2. The van der Waals surface area contributed by atoms with Crippen molar-refractivity contribution >= 4 is 17.4 Å². The summed E-state index contributed by atoms with van der Waals surface area (Å²) >= 11 is 0. The molecular weight excluding hydrogens is 518 g/mol. The van der Waals surface area contributed by atoms with Crippen molar-refractivity contribution in [1.29, 1.82) is 0 Å². The van der Waals surface area contributed by atoms with Crippen LogP contribution in [-0.2, 0) is 27.4 Å². The highest BCUT2D eigenvalue weighted by Crippen LogP contribution is 2.47. The fourth-order valence-electron chi connectivity index (χ4n) is 6.28. The summed E-state index contributed by atoms with van der Waals surface area (Å²) in [7, 11) is 0. The second-order valence-electron chi connectivity index (χ2n) is 13.2. The van der Waals surface area contributed by atoms with Crippen molar-refractivity contribution < 1.29 is 28.5 Å². The average molecular weight is 562 g/mol. The van der Waals surface area contributed by atoms with Crippen molar-refractivity contribution in [3.05, 3.63) is 63.2 Å². The van der Waals surface area contributed by atoms with Gasteiger partial charge in [0.2, 0.25) is 6.79 Å². The van der Waals surface area contributed by atoms with Crippen LogP contribution in [0.2, 0.25) is 0 Å². The van der Waals surface area contributed by atoms with Gasteiger partial charge in [0.05, 0.1) is 17.8 Å². The van der Waals surface area contributed by atoms with Gasteiger partial charge < -0.3 is 23.8 Å². The zero-order chi connectivity index (χ0) is 29.7. The van der Waals surface area contributed by atoms with Crippen LogP contribution in [-0.4, -0.2) is 35.8 Å². The minimum absolute atomic E-state index is 0.100. The van der Waals surface area contributed by atoms with Crippen LogP contribution in [0.3, 0.4) is 0 Å². The Morgan fingerprint density at radius 3 is 2.41 bits per heavy atom. The minimum Gasteiger partial charge on any atom is -0.464 e. The molecule has 0 fully saturated rings. The molecule has 7 heteroatoms. The molecule has 3 aliphatic rings. The van der Waals surface area contributed by atoms with Crippen LogP contribution in [0.25, 0.3) is 5.57 Å². The molecule has 220 valence electrons. The number of ether oxygens (including phenoxy) is 4. The SMILES string of the molecule is CCOC(=O)[C@@H](OC(C)(C)C)c1c(C)c2c(c(C)c1C1=CCC(C)(C)CC1)CN(C(=O)c1cccc3c1OCO3)C2. The molecule has 0 bridgehead atoms. The summed E-state index contributed by atoms with van der Waals surface area (Å²) in [6.07, 6.45) is 4.40. The fourth-order valence-corrected chi connectivity index (χ4v) is 6.28. The molecule has 2 aromatic carbocycles. The van der Waals surface area contributed by atoms with Crippen molar-refractivity contribution in [2.45, 2.75) is 99.4 Å². The molecule has 0 radical (unpaired) electrons. The molecule has 7 nitrogen and oxygen atoms in total. The van der Waals surface area contributed by atoms with E-state index in [-0.39, 0.29) is 30.7 Å². The van der Waals surface area contributed by atoms with Gasteiger partial charge in [0.25, 0.3) is 5.91 Å². The van der Waals surface area contributed by atoms with Gasteiger partial charge in [-0.1, -0.05) is 26.0 Å². The molecule has 0 aromatic heterocycles. The van der Waals surface area contributed by atoms with Gasteiger partial charge in [0.15, 0.2) is 17.6 Å². The summed E-state index contributed by atoms with van der Waals surface area (Å²) in [5.41, 5.74) is 7.65. The first-order valence-electron chi connectivity index (χ1n) is 14.7. The number of fused-ring (bicyclic) bond motifs is 2. The van der Waals surface area contributed by atoms with Crippen LogP contribution in [0.15, 0.2) is 24.3 Å². The second kappa shape index (κ2) is 10.8. The summed E-state index contributed by atoms with van der Waals surface area (Å²) in [5, 5.41) is 0. The molecule has 1 atom stereocenters. The van der Waals surface area contributed by atoms with Crippen LogP contribution in [0.5, 0.6) is 11.5 Å². The third-order valence-electron chi connectivity index (χ3n) is 8.46. The van der Waals surface area contributed by atoms with Gasteiger partial charge in [-0.25, -0.2) is 4.79 Å². The van der Waals surface area contributed by atoms with Crippen molar-refractivity contribution in [1.82, 2.24) is 4.90 Å². The number of hydrogen-bond acceptors (Lipinski definition) is 6. The molecule has 2 aromatic rings. The number of para-hydroxylation sites is 1. The molecule has 2 aliphatic heterocycles. The van der Waals surface area contributed by atoms with Crippen molar-refractivity contribution in [3.63, 3.8) is 0 Å². The number of benzene rings is 2. The standard InChI is InChI=1S/C34H43NO6/c1-9-38-32(37)30(41-33(4,5)6)28-21(3)25-18-35(31(36)23-11-10-12-26-29(23)40-19-39-26)17-24(25)20(2)27(28)22-13-15-34(7,8)16-14-22/h10-13,30H,9,14-19H2,1-8H3/t30-/m0/s1. The molecule has 0 spiro atoms. The summed E-state index contributed by atoms with van der Waals surface area (Å²) in [5.74, 6) is 0.607. The first-order valence-corrected chi connectivity index (χ1v) is 14.7. The highest BCUT2D eigenvalue weighted by atomic mass is 16.7. The van der Waals surface area contributed by atoms with E-state index >= 15 is 0 Å². The number of carbonyl (C=O) groups excluding carboxylic acids is 2. The zero-order valence-corrected chi connectivity index (χ0v) is 25.7. The summed E-state index contributed by atoms with van der Waals surface area (Å²) < 4.78 is 23.2. The Morgan fingerprint density at radius 1 is 1.07 bits per heavy atom. The molecule has 0 saturated carbocycles. The fraction of sp³-hybridized carbons (Fsp3) is 0.529. The quantitative estimate of drug-likeness (QED) is 0.347. The number of nitrogens with zero attached hydrogens (tertiary/aromatic N) is 1. The Bertz CT molecular complexity index is 1410. The number of rotatable bonds is 6. The molecule has 0 saturated heterocycles. The lowest BCUT2D eigenvalue weighted by atomic mass is 9.74. The summed E-state index contributed by atoms with van der Waals surface area (Å²) in [6, 6.07) is 5.42. The lowest BCUT2D eigenvalue weighted by Gasteiger charge is -2.34. The molecular formula is C34H43NO6. The van der Waals surface area contributed by atoms with Gasteiger partial charge in [-0.15, -0.1) is 0 Å². The Labute approximate surface area is 243 Å². The Balaban J connectivity index is 1.64. The third-order valence-corrected chi connectivity index (χ3v) is 8.46. The Morgan fingerprint density at radius 2 is 1.78 bits per heavy atom. The average Bonchev–Trinajstić information content (AvgIpc) is 3.57. The first-order chi connectivity index (χ1) is 19.3. The predicted octanol–water partition coefficient (Wildman–Crippen LogP) is 7.20. The van der Waals surface area contributed by atoms with E-state index in [4.69, 9.17) is 18.9 Å². The second-order valence-corrected chi connectivity index (χ2v) is 13.2. The van der Waals surface area contributed by atoms with Crippen molar-refractivity contribution in [3.8, 4) is 11.5 Å². The topological polar surface area (TPSA) is 74.3 Å². The summed E-state index contributed by atoms with van der Waals surface area (Å²) in [6.45, 7) is 17.8. The molecule has 1 aliphatic carbocycles. The molecule has 41 heavy (non-hydrogen) atoms. The maximum atomic E-state index is 13.8. The third kappa shape index (κ3) is 5.61. The molecule has 1 amide bonds. The van der Waals surface area contributed by atoms with Gasteiger partial charge in [-0.2, -0.15) is 0 Å². The largest absolute Gasteiger partial charge is 0.464 e. The van der Waals surface area contributed by atoms with Crippen LogP contribution in [0.4, 0.5) is 0 Å². The predicted molar refractivity (Wildman–Crippen MR) is 158 cm³/mol. The lowest BCUT2D eigenvalue weighted by molar-refractivity contribution is -0.166. The maximum Gasteiger partial charge on any atom is 0.339 e. The maximum absolute atomic E-state index is 13.8. The van der Waals surface area contributed by atoms with Gasteiger partial charge in [0, 0.05) is 18.7 Å². The van der Waals surface area contributed by atoms with E-state index in [0.717, 1.165) is 52.6 Å². The number of hydrogen-bond donors (Lipinski definition) is 0. The van der Waals surface area contributed by atoms with Crippen molar-refractivity contribution in [2.24, 2.45) is 5.41 Å². The summed E-state index contributed by atoms with van der Waals surface area (Å²) in [4.78, 5) is 29.2. The monoisotopic (exact) mass is 561 g/mol. The van der Waals surface area contributed by atoms with Crippen LogP contribution in [0, 0.1) is 19.3 Å². The Hall–Kier alpha value is -3.32. The molecule has 0 unspecified atom stereocenters. The van der Waals surface area contributed by atoms with Crippen LogP contribution < -0.4 is 9.47 Å². The van der Waals surface area contributed by atoms with Crippen LogP contribution >= 0.6 is 0 Å². The van der Waals surface area contributed by atoms with E-state index in [1.807, 2.05) is 44.7 Å². The van der Waals surface area contributed by atoms with Crippen molar-refractivity contribution in [2.75, 3.05) is 13.4 Å². The van der Waals surface area contributed by atoms with Crippen LogP contribution in [0.1, 0.15) is 111 Å². The molecule has 5 rings (SSSR count). The van der Waals surface area contributed by atoms with Gasteiger partial charge in [-0.3, -0.25) is 4.79 Å². The lowest BCUT2D eigenvalue weighted by Crippen LogP contribution is -2.30. The number of allylic oxidation sites excluding steroid dienone is 2. The highest BCUT2D eigenvalue weighted by Gasteiger charge is 2.39. The minimum atomic E-state index is -0.877. The van der Waals surface area contributed by atoms with E-state index in [0.29, 0.717) is 30.2 Å². The first kappa shape index (κ1) is 29.2. The number of amides is 1. The molecule has 2 heterocycles. The highest BCUT2D eigenvalue weighted by molar-refractivity contribution is 5.98. The molecule has 0 N–H and O–H groups in total. The van der Waals surface area contributed by atoms with E-state index in [9.17, 15) is 9.59 Å². The van der Waals surface area contributed by atoms with Gasteiger partial charge in [0.1, 0.15) is 0 Å².